The summed E-state index contributed by atoms with van der Waals surface area (Å²) in [6.45, 7) is 5.16. The lowest BCUT2D eigenvalue weighted by atomic mass is 10.2. The van der Waals surface area contributed by atoms with E-state index in [1.54, 1.807) is 12.1 Å². The highest BCUT2D eigenvalue weighted by atomic mass is 79.9. The van der Waals surface area contributed by atoms with Gasteiger partial charge in [-0.2, -0.15) is 0 Å². The molecule has 6 heteroatoms. The molecule has 2 N–H and O–H groups in total. The zero-order valence-corrected chi connectivity index (χ0v) is 12.1. The van der Waals surface area contributed by atoms with Gasteiger partial charge in [-0.1, -0.05) is 28.1 Å². The Morgan fingerprint density at radius 3 is 2.79 bits per heavy atom. The lowest BCUT2D eigenvalue weighted by molar-refractivity contribution is -0.137. The summed E-state index contributed by atoms with van der Waals surface area (Å²) < 4.78 is 0.874. The minimum Gasteiger partial charge on any atom is -0.480 e. The van der Waals surface area contributed by atoms with Crippen molar-refractivity contribution >= 4 is 33.6 Å². The van der Waals surface area contributed by atoms with Gasteiger partial charge in [0.1, 0.15) is 6.54 Å². The van der Waals surface area contributed by atoms with Crippen LogP contribution < -0.4 is 5.32 Å². The van der Waals surface area contributed by atoms with Gasteiger partial charge in [0, 0.05) is 16.7 Å². The smallest absolute Gasteiger partial charge is 0.323 e. The number of anilines is 1. The molecule has 2 amide bonds. The second kappa shape index (κ2) is 6.94. The number of halogens is 1. The van der Waals surface area contributed by atoms with Crippen LogP contribution in [-0.4, -0.2) is 35.1 Å². The maximum Gasteiger partial charge on any atom is 0.323 e. The number of urea groups is 1. The van der Waals surface area contributed by atoms with Gasteiger partial charge < -0.3 is 15.3 Å². The minimum absolute atomic E-state index is 0.172. The van der Waals surface area contributed by atoms with E-state index in [0.717, 1.165) is 14.9 Å². The monoisotopic (exact) mass is 326 g/mol. The highest BCUT2D eigenvalue weighted by molar-refractivity contribution is 9.10. The number of hydrogen-bond acceptors (Lipinski definition) is 2. The lowest BCUT2D eigenvalue weighted by Crippen LogP contribution is -2.38. The van der Waals surface area contributed by atoms with Gasteiger partial charge in [0.2, 0.25) is 0 Å². The Balaban J connectivity index is 2.83. The molecule has 102 valence electrons. The normalized spacial score (nSPS) is 9.79. The molecule has 0 aliphatic carbocycles. The summed E-state index contributed by atoms with van der Waals surface area (Å²) in [6, 6.07) is 4.94. The average molecular weight is 327 g/mol. The van der Waals surface area contributed by atoms with Crippen LogP contribution in [0.25, 0.3) is 0 Å². The molecule has 0 radical (unpaired) electrons. The largest absolute Gasteiger partial charge is 0.480 e. The molecule has 0 spiro atoms. The van der Waals surface area contributed by atoms with Gasteiger partial charge in [0.25, 0.3) is 0 Å². The Labute approximate surface area is 120 Å². The summed E-state index contributed by atoms with van der Waals surface area (Å²) in [6.07, 6.45) is 1.48. The number of carboxylic acid groups (broad SMARTS) is 1. The van der Waals surface area contributed by atoms with Crippen LogP contribution in [0.5, 0.6) is 0 Å². The van der Waals surface area contributed by atoms with E-state index in [2.05, 4.69) is 27.8 Å². The maximum atomic E-state index is 12.0. The summed E-state index contributed by atoms with van der Waals surface area (Å²) in [5.74, 6) is -1.07. The molecule has 0 aliphatic rings. The van der Waals surface area contributed by atoms with Crippen molar-refractivity contribution in [1.29, 1.82) is 0 Å². The van der Waals surface area contributed by atoms with Crippen LogP contribution in [0, 0.1) is 6.92 Å². The van der Waals surface area contributed by atoms with Crippen LogP contribution in [0.4, 0.5) is 10.5 Å². The molecule has 0 aromatic heterocycles. The third-order valence-electron chi connectivity index (χ3n) is 2.47. The predicted octanol–water partition coefficient (Wildman–Crippen LogP) is 2.86. The zero-order valence-electron chi connectivity index (χ0n) is 10.5. The van der Waals surface area contributed by atoms with E-state index < -0.39 is 12.0 Å². The van der Waals surface area contributed by atoms with Crippen LogP contribution >= 0.6 is 15.9 Å². The van der Waals surface area contributed by atoms with E-state index >= 15 is 0 Å². The molecule has 0 bridgehead atoms. The van der Waals surface area contributed by atoms with Gasteiger partial charge in [0.05, 0.1) is 0 Å². The molecule has 0 fully saturated rings. The highest BCUT2D eigenvalue weighted by Gasteiger charge is 2.16. The third kappa shape index (κ3) is 4.40. The number of carbonyl (C=O) groups excluding carboxylic acids is 1. The van der Waals surface area contributed by atoms with Crippen molar-refractivity contribution in [3.63, 3.8) is 0 Å². The first-order valence-electron chi connectivity index (χ1n) is 5.59. The third-order valence-corrected chi connectivity index (χ3v) is 3.33. The van der Waals surface area contributed by atoms with Crippen molar-refractivity contribution < 1.29 is 14.7 Å². The summed E-state index contributed by atoms with van der Waals surface area (Å²) >= 11 is 3.37. The molecule has 0 saturated carbocycles. The van der Waals surface area contributed by atoms with Crippen molar-refractivity contribution in [2.75, 3.05) is 18.4 Å². The summed E-state index contributed by atoms with van der Waals surface area (Å²) in [4.78, 5) is 23.9. The molecule has 0 heterocycles. The first-order chi connectivity index (χ1) is 8.95. The topological polar surface area (TPSA) is 69.6 Å². The highest BCUT2D eigenvalue weighted by Crippen LogP contribution is 2.23. The standard InChI is InChI=1S/C13H15BrN2O3/c1-3-7-16(8-12(17)18)13(19)15-11-6-4-5-10(14)9(11)2/h3-6H,1,7-8H2,2H3,(H,15,19)(H,17,18). The van der Waals surface area contributed by atoms with Crippen molar-refractivity contribution in [2.24, 2.45) is 0 Å². The van der Waals surface area contributed by atoms with Gasteiger partial charge in [0.15, 0.2) is 0 Å². The van der Waals surface area contributed by atoms with E-state index in [1.807, 2.05) is 13.0 Å². The number of amides is 2. The molecular formula is C13H15BrN2O3. The molecule has 19 heavy (non-hydrogen) atoms. The number of benzene rings is 1. The second-order valence-electron chi connectivity index (χ2n) is 3.91. The van der Waals surface area contributed by atoms with E-state index in [9.17, 15) is 9.59 Å². The number of hydrogen-bond donors (Lipinski definition) is 2. The fraction of sp³-hybridized carbons (Fsp3) is 0.231. The molecule has 0 saturated heterocycles. The van der Waals surface area contributed by atoms with Crippen molar-refractivity contribution in [3.05, 3.63) is 40.9 Å². The molecule has 1 aromatic rings. The minimum atomic E-state index is -1.07. The van der Waals surface area contributed by atoms with Crippen LogP contribution in [-0.2, 0) is 4.79 Å². The van der Waals surface area contributed by atoms with Crippen LogP contribution in [0.2, 0.25) is 0 Å². The van der Waals surface area contributed by atoms with Gasteiger partial charge in [-0.25, -0.2) is 4.79 Å². The molecule has 0 atom stereocenters. The van der Waals surface area contributed by atoms with Crippen LogP contribution in [0.1, 0.15) is 5.56 Å². The SMILES string of the molecule is C=CCN(CC(=O)O)C(=O)Nc1cccc(Br)c1C. The predicted molar refractivity (Wildman–Crippen MR) is 77.3 cm³/mol. The summed E-state index contributed by atoms with van der Waals surface area (Å²) in [5, 5.41) is 11.4. The number of aliphatic carboxylic acids is 1. The van der Waals surface area contributed by atoms with Crippen LogP contribution in [0.15, 0.2) is 35.3 Å². The Hall–Kier alpha value is -1.82. The summed E-state index contributed by atoms with van der Waals surface area (Å²) in [5.41, 5.74) is 1.52. The van der Waals surface area contributed by atoms with Gasteiger partial charge in [-0.3, -0.25) is 4.79 Å². The molecule has 0 aliphatic heterocycles. The number of nitrogens with one attached hydrogen (secondary N) is 1. The Bertz CT molecular complexity index is 503. The number of rotatable bonds is 5. The van der Waals surface area contributed by atoms with Crippen molar-refractivity contribution in [3.8, 4) is 0 Å². The Kier molecular flexibility index (Phi) is 5.57. The van der Waals surface area contributed by atoms with E-state index in [1.165, 1.54) is 6.08 Å². The molecule has 5 nitrogen and oxygen atoms in total. The maximum absolute atomic E-state index is 12.0. The molecule has 0 unspecified atom stereocenters. The molecule has 1 aromatic carbocycles. The van der Waals surface area contributed by atoms with Crippen molar-refractivity contribution in [1.82, 2.24) is 4.90 Å². The summed E-state index contributed by atoms with van der Waals surface area (Å²) in [7, 11) is 0. The average Bonchev–Trinajstić information content (AvgIpc) is 2.34. The van der Waals surface area contributed by atoms with E-state index in [4.69, 9.17) is 5.11 Å². The van der Waals surface area contributed by atoms with E-state index in [-0.39, 0.29) is 13.1 Å². The first kappa shape index (κ1) is 15.2. The first-order valence-corrected chi connectivity index (χ1v) is 6.38. The molecular weight excluding hydrogens is 312 g/mol. The van der Waals surface area contributed by atoms with Crippen molar-refractivity contribution in [2.45, 2.75) is 6.92 Å². The zero-order chi connectivity index (χ0) is 14.4. The lowest BCUT2D eigenvalue weighted by Gasteiger charge is -2.20. The fourth-order valence-electron chi connectivity index (χ4n) is 1.48. The number of carboxylic acids is 1. The van der Waals surface area contributed by atoms with Gasteiger partial charge in [-0.05, 0) is 24.6 Å². The van der Waals surface area contributed by atoms with Gasteiger partial charge in [-0.15, -0.1) is 6.58 Å². The quantitative estimate of drug-likeness (QED) is 0.817. The second-order valence-corrected chi connectivity index (χ2v) is 4.76. The number of carbonyl (C=O) groups is 2. The van der Waals surface area contributed by atoms with Crippen LogP contribution in [0.3, 0.4) is 0 Å². The molecule has 1 rings (SSSR count). The number of nitrogens with zero attached hydrogens (tertiary/aromatic N) is 1. The fourth-order valence-corrected chi connectivity index (χ4v) is 1.84. The van der Waals surface area contributed by atoms with Gasteiger partial charge >= 0.3 is 12.0 Å². The Morgan fingerprint density at radius 2 is 2.21 bits per heavy atom. The van der Waals surface area contributed by atoms with E-state index in [0.29, 0.717) is 5.69 Å². The Morgan fingerprint density at radius 1 is 1.53 bits per heavy atom.